The van der Waals surface area contributed by atoms with Crippen molar-refractivity contribution in [2.75, 3.05) is 5.73 Å². The molecule has 0 atom stereocenters. The monoisotopic (exact) mass is 401 g/mol. The fourth-order valence-corrected chi connectivity index (χ4v) is 3.73. The Labute approximate surface area is 164 Å². The molecule has 2 aromatic heterocycles. The van der Waals surface area contributed by atoms with Crippen molar-refractivity contribution in [2.45, 2.75) is 45.3 Å². The van der Waals surface area contributed by atoms with Gasteiger partial charge in [0.25, 0.3) is 5.56 Å². The van der Waals surface area contributed by atoms with Crippen LogP contribution in [-0.4, -0.2) is 18.7 Å². The van der Waals surface area contributed by atoms with Crippen LogP contribution < -0.4 is 17.0 Å². The fraction of sp³-hybridized carbons (Fsp3) is 0.450. The van der Waals surface area contributed by atoms with Gasteiger partial charge in [-0.25, -0.2) is 13.6 Å². The van der Waals surface area contributed by atoms with Crippen LogP contribution in [-0.2, 0) is 19.6 Å². The van der Waals surface area contributed by atoms with Gasteiger partial charge in [0.1, 0.15) is 0 Å². The minimum Gasteiger partial charge on any atom is -0.369 e. The third-order valence-electron chi connectivity index (χ3n) is 5.74. The van der Waals surface area contributed by atoms with Crippen molar-refractivity contribution in [3.05, 3.63) is 56.2 Å². The van der Waals surface area contributed by atoms with Crippen LogP contribution in [0.5, 0.6) is 0 Å². The molecule has 1 aromatic carbocycles. The Bertz CT molecular complexity index is 1230. The van der Waals surface area contributed by atoms with Gasteiger partial charge in [0.15, 0.2) is 22.8 Å². The minimum absolute atomic E-state index is 0.0554. The lowest BCUT2D eigenvalue weighted by atomic mass is 10.2. The third kappa shape index (κ3) is 3.24. The van der Waals surface area contributed by atoms with Crippen LogP contribution in [0, 0.1) is 23.5 Å². The topological polar surface area (TPSA) is 87.8 Å². The van der Waals surface area contributed by atoms with Crippen molar-refractivity contribution in [1.29, 1.82) is 0 Å². The number of benzene rings is 1. The Kier molecular flexibility index (Phi) is 4.07. The molecular formula is C20H21F2N5O2. The number of anilines is 1. The van der Waals surface area contributed by atoms with E-state index < -0.39 is 17.2 Å². The molecule has 0 radical (unpaired) electrons. The smallest absolute Gasteiger partial charge is 0.332 e. The lowest BCUT2D eigenvalue weighted by Crippen LogP contribution is -2.41. The summed E-state index contributed by atoms with van der Waals surface area (Å²) in [5.74, 6) is -1.10. The van der Waals surface area contributed by atoms with E-state index in [0.29, 0.717) is 30.5 Å². The van der Waals surface area contributed by atoms with Gasteiger partial charge in [-0.2, -0.15) is 4.98 Å². The van der Waals surface area contributed by atoms with Gasteiger partial charge in [0.05, 0.1) is 6.54 Å². The highest BCUT2D eigenvalue weighted by molar-refractivity contribution is 5.74. The number of nitrogen functional groups attached to an aromatic ring is 1. The van der Waals surface area contributed by atoms with Crippen molar-refractivity contribution in [3.8, 4) is 0 Å². The zero-order chi connectivity index (χ0) is 20.3. The average molecular weight is 401 g/mol. The summed E-state index contributed by atoms with van der Waals surface area (Å²) in [7, 11) is 0. The molecule has 0 saturated heterocycles. The lowest BCUT2D eigenvalue weighted by molar-refractivity contribution is 0.506. The van der Waals surface area contributed by atoms with Gasteiger partial charge in [-0.1, -0.05) is 6.07 Å². The molecule has 9 heteroatoms. The molecular weight excluding hydrogens is 380 g/mol. The Balaban J connectivity index is 1.69. The van der Waals surface area contributed by atoms with E-state index in [1.807, 2.05) is 0 Å². The Morgan fingerprint density at radius 1 is 0.966 bits per heavy atom. The normalized spacial score (nSPS) is 16.6. The number of halogens is 2. The van der Waals surface area contributed by atoms with Crippen LogP contribution in [0.2, 0.25) is 0 Å². The second-order valence-electron chi connectivity index (χ2n) is 8.17. The molecule has 2 N–H and O–H groups in total. The summed E-state index contributed by atoms with van der Waals surface area (Å²) in [5.41, 5.74) is 6.24. The van der Waals surface area contributed by atoms with Crippen molar-refractivity contribution in [1.82, 2.24) is 18.7 Å². The molecule has 3 aromatic rings. The number of nitrogens with two attached hydrogens (primary N) is 1. The number of imidazole rings is 1. The highest BCUT2D eigenvalue weighted by Gasteiger charge is 2.29. The molecule has 0 aliphatic heterocycles. The average Bonchev–Trinajstić information content (AvgIpc) is 3.60. The lowest BCUT2D eigenvalue weighted by Gasteiger charge is -2.12. The molecule has 2 heterocycles. The van der Waals surface area contributed by atoms with E-state index in [-0.39, 0.29) is 29.3 Å². The van der Waals surface area contributed by atoms with Crippen molar-refractivity contribution in [2.24, 2.45) is 11.8 Å². The molecule has 152 valence electrons. The predicted molar refractivity (Wildman–Crippen MR) is 104 cm³/mol. The van der Waals surface area contributed by atoms with Crippen molar-refractivity contribution >= 4 is 17.1 Å². The quantitative estimate of drug-likeness (QED) is 0.685. The molecule has 2 aliphatic carbocycles. The molecule has 0 bridgehead atoms. The van der Waals surface area contributed by atoms with E-state index in [2.05, 4.69) is 4.98 Å². The molecule has 0 spiro atoms. The number of aromatic nitrogens is 4. The van der Waals surface area contributed by atoms with Gasteiger partial charge in [0.2, 0.25) is 5.95 Å². The molecule has 29 heavy (non-hydrogen) atoms. The third-order valence-corrected chi connectivity index (χ3v) is 5.74. The molecule has 2 aliphatic rings. The summed E-state index contributed by atoms with van der Waals surface area (Å²) in [5, 5.41) is 0. The van der Waals surface area contributed by atoms with Crippen LogP contribution in [0.3, 0.4) is 0 Å². The highest BCUT2D eigenvalue weighted by Crippen LogP contribution is 2.32. The minimum atomic E-state index is -0.970. The van der Waals surface area contributed by atoms with E-state index in [9.17, 15) is 18.4 Å². The number of nitrogens with zero attached hydrogens (tertiary/aromatic N) is 4. The van der Waals surface area contributed by atoms with Gasteiger partial charge >= 0.3 is 5.69 Å². The van der Waals surface area contributed by atoms with Gasteiger partial charge in [-0.05, 0) is 55.2 Å². The molecule has 2 saturated carbocycles. The van der Waals surface area contributed by atoms with Gasteiger partial charge in [-0.3, -0.25) is 13.9 Å². The number of hydrogen-bond donors (Lipinski definition) is 1. The second kappa shape index (κ2) is 6.53. The largest absolute Gasteiger partial charge is 0.369 e. The Hall–Kier alpha value is -2.97. The summed E-state index contributed by atoms with van der Waals surface area (Å²) < 4.78 is 31.2. The van der Waals surface area contributed by atoms with Crippen LogP contribution in [0.25, 0.3) is 11.2 Å². The maximum absolute atomic E-state index is 13.6. The van der Waals surface area contributed by atoms with Crippen LogP contribution in [0.4, 0.5) is 14.7 Å². The zero-order valence-corrected chi connectivity index (χ0v) is 15.8. The summed E-state index contributed by atoms with van der Waals surface area (Å²) in [6.07, 6.45) is 4.09. The van der Waals surface area contributed by atoms with Gasteiger partial charge in [0, 0.05) is 13.1 Å². The van der Waals surface area contributed by atoms with Crippen LogP contribution >= 0.6 is 0 Å². The van der Waals surface area contributed by atoms with Crippen LogP contribution in [0.15, 0.2) is 27.8 Å². The first kappa shape index (κ1) is 18.1. The number of hydrogen-bond acceptors (Lipinski definition) is 4. The summed E-state index contributed by atoms with van der Waals surface area (Å²) in [6.45, 7) is 0.941. The second-order valence-corrected chi connectivity index (χ2v) is 8.17. The Morgan fingerprint density at radius 2 is 1.62 bits per heavy atom. The zero-order valence-electron chi connectivity index (χ0n) is 15.8. The molecule has 5 rings (SSSR count). The van der Waals surface area contributed by atoms with E-state index >= 15 is 0 Å². The maximum atomic E-state index is 13.6. The first-order valence-electron chi connectivity index (χ1n) is 9.85. The molecule has 2 fully saturated rings. The molecule has 7 nitrogen and oxygen atoms in total. The summed E-state index contributed by atoms with van der Waals surface area (Å²) >= 11 is 0. The first-order valence-corrected chi connectivity index (χ1v) is 9.85. The van der Waals surface area contributed by atoms with E-state index in [0.717, 1.165) is 37.8 Å². The summed E-state index contributed by atoms with van der Waals surface area (Å²) in [6, 6.07) is 3.55. The summed E-state index contributed by atoms with van der Waals surface area (Å²) in [4.78, 5) is 30.6. The van der Waals surface area contributed by atoms with Crippen LogP contribution in [0.1, 0.15) is 31.2 Å². The fourth-order valence-electron chi connectivity index (χ4n) is 3.73. The van der Waals surface area contributed by atoms with E-state index in [1.54, 1.807) is 4.57 Å². The predicted octanol–water partition coefficient (Wildman–Crippen LogP) is 2.09. The highest BCUT2D eigenvalue weighted by atomic mass is 19.2. The Morgan fingerprint density at radius 3 is 2.24 bits per heavy atom. The molecule has 0 unspecified atom stereocenters. The van der Waals surface area contributed by atoms with E-state index in [1.165, 1.54) is 15.2 Å². The molecule has 0 amide bonds. The van der Waals surface area contributed by atoms with Gasteiger partial charge in [-0.15, -0.1) is 0 Å². The first-order chi connectivity index (χ1) is 13.9. The SMILES string of the molecule is Nc1nc2c(c(=O)n(CC3CC3)c(=O)n2CC2CC2)n1Cc1ccc(F)c(F)c1. The maximum Gasteiger partial charge on any atom is 0.332 e. The standard InChI is InChI=1S/C20H21F2N5O2/c21-14-6-5-13(7-15(14)22)10-25-16-17(24-19(25)23)26(8-11-1-2-11)20(29)27(18(16)28)9-12-3-4-12/h5-7,11-12H,1-4,8-10H2,(H2,23,24). The van der Waals surface area contributed by atoms with Crippen molar-refractivity contribution < 1.29 is 8.78 Å². The van der Waals surface area contributed by atoms with Crippen molar-refractivity contribution in [3.63, 3.8) is 0 Å². The number of fused-ring (bicyclic) bond motifs is 1. The number of rotatable bonds is 6. The van der Waals surface area contributed by atoms with E-state index in [4.69, 9.17) is 5.73 Å². The van der Waals surface area contributed by atoms with Gasteiger partial charge < -0.3 is 10.3 Å².